The van der Waals surface area contributed by atoms with Crippen molar-refractivity contribution in [1.82, 2.24) is 23.8 Å². The van der Waals surface area contributed by atoms with E-state index >= 15 is 0 Å². The van der Waals surface area contributed by atoms with Gasteiger partial charge in [0.15, 0.2) is 5.82 Å². The minimum atomic E-state index is 0.317. The predicted molar refractivity (Wildman–Crippen MR) is 90.7 cm³/mol. The summed E-state index contributed by atoms with van der Waals surface area (Å²) in [4.78, 5) is 7.05. The van der Waals surface area contributed by atoms with E-state index in [2.05, 4.69) is 54.1 Å². The van der Waals surface area contributed by atoms with E-state index in [1.54, 1.807) is 6.20 Å². The second-order valence-corrected chi connectivity index (χ2v) is 6.74. The Morgan fingerprint density at radius 2 is 2.17 bits per heavy atom. The Hall–Kier alpha value is -2.12. The molecule has 3 heterocycles. The van der Waals surface area contributed by atoms with Crippen LogP contribution < -0.4 is 0 Å². The molecule has 1 atom stereocenters. The first-order valence-corrected chi connectivity index (χ1v) is 8.95. The molecular weight excluding hydrogens is 322 g/mol. The van der Waals surface area contributed by atoms with Gasteiger partial charge in [-0.1, -0.05) is 35.5 Å². The molecule has 0 amide bonds. The molecule has 0 spiro atoms. The molecule has 3 aromatic rings. The van der Waals surface area contributed by atoms with Gasteiger partial charge in [-0.2, -0.15) is 13.7 Å². The second kappa shape index (κ2) is 7.19. The van der Waals surface area contributed by atoms with E-state index in [1.165, 1.54) is 17.3 Å². The van der Waals surface area contributed by atoms with E-state index in [9.17, 15) is 0 Å². The Balaban J connectivity index is 1.40. The van der Waals surface area contributed by atoms with Gasteiger partial charge in [0.1, 0.15) is 0 Å². The molecule has 24 heavy (non-hydrogen) atoms. The maximum absolute atomic E-state index is 5.52. The summed E-state index contributed by atoms with van der Waals surface area (Å²) in [6, 6.07) is 10.6. The van der Waals surface area contributed by atoms with Crippen LogP contribution in [0, 0.1) is 0 Å². The lowest BCUT2D eigenvalue weighted by molar-refractivity contribution is 0.180. The third-order valence-electron chi connectivity index (χ3n) is 4.33. The van der Waals surface area contributed by atoms with Gasteiger partial charge < -0.3 is 4.52 Å². The summed E-state index contributed by atoms with van der Waals surface area (Å²) < 4.78 is 13.7. The van der Waals surface area contributed by atoms with E-state index in [0.717, 1.165) is 44.1 Å². The van der Waals surface area contributed by atoms with Crippen LogP contribution in [0.15, 0.2) is 41.1 Å². The summed E-state index contributed by atoms with van der Waals surface area (Å²) in [5, 5.41) is 4.11. The number of likely N-dealkylation sites (tertiary alicyclic amines) is 1. The zero-order valence-corrected chi connectivity index (χ0v) is 14.2. The molecule has 6 nitrogen and oxygen atoms in total. The van der Waals surface area contributed by atoms with Crippen LogP contribution in [-0.2, 0) is 13.0 Å². The van der Waals surface area contributed by atoms with Crippen molar-refractivity contribution in [3.8, 4) is 0 Å². The molecule has 0 aliphatic carbocycles. The van der Waals surface area contributed by atoms with E-state index in [1.807, 2.05) is 0 Å². The third-order valence-corrected chi connectivity index (χ3v) is 4.85. The smallest absolute Gasteiger partial charge is 0.231 e. The standard InChI is InChI=1S/C17H19N5OS/c1-2-5-13(6-3-1)11-22-8-4-7-14(12-22)17-19-16(20-23-17)9-15-10-18-24-21-15/h1-3,5-6,10,14H,4,7-9,11-12H2. The van der Waals surface area contributed by atoms with Crippen molar-refractivity contribution in [2.45, 2.75) is 31.7 Å². The molecule has 1 aliphatic heterocycles. The first kappa shape index (κ1) is 15.4. The fourth-order valence-corrected chi connectivity index (χ4v) is 3.60. The zero-order valence-electron chi connectivity index (χ0n) is 13.3. The van der Waals surface area contributed by atoms with Crippen molar-refractivity contribution in [3.63, 3.8) is 0 Å². The molecule has 0 radical (unpaired) electrons. The number of nitrogens with zero attached hydrogens (tertiary/aromatic N) is 5. The van der Waals surface area contributed by atoms with E-state index < -0.39 is 0 Å². The van der Waals surface area contributed by atoms with E-state index in [0.29, 0.717) is 18.2 Å². The molecule has 0 saturated carbocycles. The average Bonchev–Trinajstić information content (AvgIpc) is 3.29. The highest BCUT2D eigenvalue weighted by atomic mass is 32.1. The number of benzene rings is 1. The molecule has 1 aliphatic rings. The van der Waals surface area contributed by atoms with Gasteiger partial charge in [-0.05, 0) is 24.9 Å². The zero-order chi connectivity index (χ0) is 16.2. The van der Waals surface area contributed by atoms with Crippen LogP contribution in [0.2, 0.25) is 0 Å². The Labute approximate surface area is 144 Å². The lowest BCUT2D eigenvalue weighted by atomic mass is 9.97. The SMILES string of the molecule is c1ccc(CN2CCCC(c3nc(Cc4cnsn4)no3)C2)cc1. The van der Waals surface area contributed by atoms with Gasteiger partial charge in [-0.15, -0.1) is 0 Å². The minimum absolute atomic E-state index is 0.317. The number of piperidine rings is 1. The van der Waals surface area contributed by atoms with Gasteiger partial charge in [0, 0.05) is 13.1 Å². The summed E-state index contributed by atoms with van der Waals surface area (Å²) in [5.74, 6) is 1.76. The van der Waals surface area contributed by atoms with Crippen LogP contribution >= 0.6 is 11.7 Å². The van der Waals surface area contributed by atoms with Crippen molar-refractivity contribution in [2.24, 2.45) is 0 Å². The maximum Gasteiger partial charge on any atom is 0.231 e. The van der Waals surface area contributed by atoms with Crippen molar-refractivity contribution in [1.29, 1.82) is 0 Å². The van der Waals surface area contributed by atoms with Gasteiger partial charge in [-0.3, -0.25) is 4.90 Å². The van der Waals surface area contributed by atoms with Crippen LogP contribution in [0.1, 0.15) is 41.7 Å². The summed E-state index contributed by atoms with van der Waals surface area (Å²) in [5.41, 5.74) is 2.24. The van der Waals surface area contributed by atoms with Gasteiger partial charge in [0.2, 0.25) is 5.89 Å². The molecule has 1 saturated heterocycles. The molecular formula is C17H19N5OS. The van der Waals surface area contributed by atoms with Crippen LogP contribution in [0.25, 0.3) is 0 Å². The largest absolute Gasteiger partial charge is 0.339 e. The summed E-state index contributed by atoms with van der Waals surface area (Å²) in [7, 11) is 0. The molecule has 4 rings (SSSR count). The first-order valence-electron chi connectivity index (χ1n) is 8.22. The molecule has 1 unspecified atom stereocenters. The van der Waals surface area contributed by atoms with Gasteiger partial charge in [0.05, 0.1) is 36.0 Å². The van der Waals surface area contributed by atoms with Gasteiger partial charge in [0.25, 0.3) is 0 Å². The highest BCUT2D eigenvalue weighted by Gasteiger charge is 2.26. The Kier molecular flexibility index (Phi) is 4.62. The van der Waals surface area contributed by atoms with Crippen molar-refractivity contribution in [2.75, 3.05) is 13.1 Å². The first-order chi connectivity index (χ1) is 11.9. The number of aromatic nitrogens is 4. The van der Waals surface area contributed by atoms with Crippen LogP contribution in [0.4, 0.5) is 0 Å². The topological polar surface area (TPSA) is 67.9 Å². The predicted octanol–water partition coefficient (Wildman–Crippen LogP) is 2.89. The third kappa shape index (κ3) is 3.68. The quantitative estimate of drug-likeness (QED) is 0.711. The van der Waals surface area contributed by atoms with E-state index in [4.69, 9.17) is 4.52 Å². The second-order valence-electron chi connectivity index (χ2n) is 6.18. The summed E-state index contributed by atoms with van der Waals surface area (Å²) in [6.07, 6.45) is 4.60. The summed E-state index contributed by atoms with van der Waals surface area (Å²) >= 11 is 1.20. The van der Waals surface area contributed by atoms with Crippen molar-refractivity contribution in [3.05, 3.63) is 59.5 Å². The molecule has 124 valence electrons. The van der Waals surface area contributed by atoms with Gasteiger partial charge in [-0.25, -0.2) is 0 Å². The lowest BCUT2D eigenvalue weighted by Gasteiger charge is -2.30. The lowest BCUT2D eigenvalue weighted by Crippen LogP contribution is -2.34. The van der Waals surface area contributed by atoms with Crippen LogP contribution in [0.5, 0.6) is 0 Å². The monoisotopic (exact) mass is 341 g/mol. The number of hydrogen-bond acceptors (Lipinski definition) is 7. The molecule has 0 bridgehead atoms. The Morgan fingerprint density at radius 1 is 1.25 bits per heavy atom. The average molecular weight is 341 g/mol. The minimum Gasteiger partial charge on any atom is -0.339 e. The normalized spacial score (nSPS) is 18.8. The molecule has 2 aromatic heterocycles. The summed E-state index contributed by atoms with van der Waals surface area (Å²) in [6.45, 7) is 3.06. The fraction of sp³-hybridized carbons (Fsp3) is 0.412. The number of hydrogen-bond donors (Lipinski definition) is 0. The highest BCUT2D eigenvalue weighted by Crippen LogP contribution is 2.26. The molecule has 1 fully saturated rings. The van der Waals surface area contributed by atoms with Crippen molar-refractivity contribution >= 4 is 11.7 Å². The molecule has 0 N–H and O–H groups in total. The van der Waals surface area contributed by atoms with Gasteiger partial charge >= 0.3 is 0 Å². The Morgan fingerprint density at radius 3 is 3.00 bits per heavy atom. The molecule has 7 heteroatoms. The Bertz CT molecular complexity index is 758. The molecule has 1 aromatic carbocycles. The van der Waals surface area contributed by atoms with Crippen LogP contribution in [-0.4, -0.2) is 36.9 Å². The fourth-order valence-electron chi connectivity index (χ4n) is 3.17. The highest BCUT2D eigenvalue weighted by molar-refractivity contribution is 6.99. The van der Waals surface area contributed by atoms with Crippen LogP contribution in [0.3, 0.4) is 0 Å². The maximum atomic E-state index is 5.52. The van der Waals surface area contributed by atoms with Crippen molar-refractivity contribution < 1.29 is 4.52 Å². The number of rotatable bonds is 5. The van der Waals surface area contributed by atoms with E-state index in [-0.39, 0.29) is 0 Å².